The molecule has 2 rings (SSSR count). The Hall–Kier alpha value is -2.32. The van der Waals surface area contributed by atoms with Gasteiger partial charge in [-0.2, -0.15) is 5.26 Å². The van der Waals surface area contributed by atoms with Gasteiger partial charge in [-0.05, 0) is 25.0 Å². The molecule has 110 valence electrons. The average Bonchev–Trinajstić information content (AvgIpc) is 2.86. The van der Waals surface area contributed by atoms with Crippen molar-refractivity contribution in [2.45, 2.75) is 38.8 Å². The maximum Gasteiger partial charge on any atom is 0.323 e. The SMILES string of the molecule is CCC(CC)(NCc1cn2ccccc2c1C#N)C(=O)O. The van der Waals surface area contributed by atoms with Crippen molar-refractivity contribution in [3.8, 4) is 6.07 Å². The summed E-state index contributed by atoms with van der Waals surface area (Å²) in [5.41, 5.74) is 1.30. The van der Waals surface area contributed by atoms with Crippen LogP contribution in [0, 0.1) is 11.3 Å². The summed E-state index contributed by atoms with van der Waals surface area (Å²) in [5.74, 6) is -0.852. The summed E-state index contributed by atoms with van der Waals surface area (Å²) in [6.07, 6.45) is 4.74. The zero-order valence-electron chi connectivity index (χ0n) is 12.3. The van der Waals surface area contributed by atoms with E-state index in [4.69, 9.17) is 0 Å². The highest BCUT2D eigenvalue weighted by molar-refractivity contribution is 5.78. The molecular weight excluding hydrogens is 266 g/mol. The van der Waals surface area contributed by atoms with Gasteiger partial charge in [0.1, 0.15) is 11.6 Å². The van der Waals surface area contributed by atoms with E-state index in [-0.39, 0.29) is 0 Å². The van der Waals surface area contributed by atoms with Gasteiger partial charge in [-0.3, -0.25) is 10.1 Å². The summed E-state index contributed by atoms with van der Waals surface area (Å²) in [6, 6.07) is 7.87. The summed E-state index contributed by atoms with van der Waals surface area (Å²) in [4.78, 5) is 11.5. The van der Waals surface area contributed by atoms with Gasteiger partial charge < -0.3 is 9.51 Å². The van der Waals surface area contributed by atoms with Crippen LogP contribution in [-0.2, 0) is 11.3 Å². The van der Waals surface area contributed by atoms with E-state index >= 15 is 0 Å². The van der Waals surface area contributed by atoms with Crippen molar-refractivity contribution < 1.29 is 9.90 Å². The molecule has 0 bridgehead atoms. The molecule has 0 aliphatic rings. The van der Waals surface area contributed by atoms with Crippen LogP contribution in [-0.4, -0.2) is 21.0 Å². The topological polar surface area (TPSA) is 77.5 Å². The molecule has 21 heavy (non-hydrogen) atoms. The minimum absolute atomic E-state index is 0.360. The molecule has 0 atom stereocenters. The molecule has 0 saturated heterocycles. The maximum absolute atomic E-state index is 11.5. The van der Waals surface area contributed by atoms with Crippen LogP contribution in [0.15, 0.2) is 30.6 Å². The lowest BCUT2D eigenvalue weighted by atomic mass is 9.92. The molecule has 2 N–H and O–H groups in total. The average molecular weight is 285 g/mol. The van der Waals surface area contributed by atoms with Crippen molar-refractivity contribution in [3.05, 3.63) is 41.7 Å². The highest BCUT2D eigenvalue weighted by Crippen LogP contribution is 2.21. The molecule has 5 heteroatoms. The highest BCUT2D eigenvalue weighted by Gasteiger charge is 2.34. The van der Waals surface area contributed by atoms with Gasteiger partial charge in [0.05, 0.1) is 11.1 Å². The van der Waals surface area contributed by atoms with Crippen molar-refractivity contribution in [2.24, 2.45) is 0 Å². The number of nitrogens with zero attached hydrogens (tertiary/aromatic N) is 2. The Balaban J connectivity index is 2.32. The van der Waals surface area contributed by atoms with E-state index in [2.05, 4.69) is 11.4 Å². The van der Waals surface area contributed by atoms with Crippen LogP contribution >= 0.6 is 0 Å². The first-order valence-electron chi connectivity index (χ1n) is 7.05. The first-order chi connectivity index (χ1) is 10.1. The van der Waals surface area contributed by atoms with E-state index in [0.29, 0.717) is 24.9 Å². The van der Waals surface area contributed by atoms with E-state index in [1.165, 1.54) is 0 Å². The van der Waals surface area contributed by atoms with Gasteiger partial charge in [-0.1, -0.05) is 19.9 Å². The predicted molar refractivity (Wildman–Crippen MR) is 79.9 cm³/mol. The van der Waals surface area contributed by atoms with E-state index in [9.17, 15) is 15.2 Å². The van der Waals surface area contributed by atoms with E-state index in [1.54, 1.807) is 0 Å². The number of carboxylic acid groups (broad SMARTS) is 1. The fourth-order valence-corrected chi connectivity index (χ4v) is 2.58. The van der Waals surface area contributed by atoms with Crippen LogP contribution < -0.4 is 5.32 Å². The van der Waals surface area contributed by atoms with Gasteiger partial charge in [-0.15, -0.1) is 0 Å². The van der Waals surface area contributed by atoms with Crippen molar-refractivity contribution in [1.29, 1.82) is 5.26 Å². The summed E-state index contributed by atoms with van der Waals surface area (Å²) >= 11 is 0. The lowest BCUT2D eigenvalue weighted by Gasteiger charge is -2.28. The number of nitriles is 1. The van der Waals surface area contributed by atoms with Crippen LogP contribution in [0.25, 0.3) is 5.52 Å². The number of hydrogen-bond donors (Lipinski definition) is 2. The molecule has 0 spiro atoms. The molecule has 0 aliphatic heterocycles. The Morgan fingerprint density at radius 1 is 1.43 bits per heavy atom. The second kappa shape index (κ2) is 5.98. The number of carbonyl (C=O) groups is 1. The van der Waals surface area contributed by atoms with Crippen LogP contribution in [0.2, 0.25) is 0 Å². The second-order valence-corrected chi connectivity index (χ2v) is 5.08. The third kappa shape index (κ3) is 2.63. The lowest BCUT2D eigenvalue weighted by molar-refractivity contribution is -0.145. The summed E-state index contributed by atoms with van der Waals surface area (Å²) in [6.45, 7) is 4.07. The first kappa shape index (κ1) is 15.1. The maximum atomic E-state index is 11.5. The van der Waals surface area contributed by atoms with Gasteiger partial charge in [0.2, 0.25) is 0 Å². The Bertz CT molecular complexity index is 693. The summed E-state index contributed by atoms with van der Waals surface area (Å²) in [5, 5.41) is 21.9. The normalized spacial score (nSPS) is 11.5. The molecule has 0 aliphatic carbocycles. The predicted octanol–water partition coefficient (Wildman–Crippen LogP) is 2.54. The van der Waals surface area contributed by atoms with Gasteiger partial charge >= 0.3 is 5.97 Å². The molecule has 2 aromatic rings. The molecule has 0 fully saturated rings. The van der Waals surface area contributed by atoms with Crippen LogP contribution in [0.1, 0.15) is 37.8 Å². The minimum Gasteiger partial charge on any atom is -0.480 e. The third-order valence-electron chi connectivity index (χ3n) is 4.11. The number of nitrogens with one attached hydrogen (secondary N) is 1. The monoisotopic (exact) mass is 285 g/mol. The molecule has 0 saturated carbocycles. The zero-order valence-corrected chi connectivity index (χ0v) is 12.3. The van der Waals surface area contributed by atoms with Gasteiger partial charge in [0.25, 0.3) is 0 Å². The molecule has 2 aromatic heterocycles. The molecule has 0 radical (unpaired) electrons. The zero-order chi connectivity index (χ0) is 15.5. The van der Waals surface area contributed by atoms with Crippen molar-refractivity contribution in [3.63, 3.8) is 0 Å². The lowest BCUT2D eigenvalue weighted by Crippen LogP contribution is -2.50. The van der Waals surface area contributed by atoms with E-state index in [0.717, 1.165) is 11.1 Å². The molecule has 5 nitrogen and oxygen atoms in total. The number of rotatable bonds is 6. The molecule has 0 aromatic carbocycles. The number of fused-ring (bicyclic) bond motifs is 1. The van der Waals surface area contributed by atoms with Gasteiger partial charge in [-0.25, -0.2) is 0 Å². The standard InChI is InChI=1S/C16H19N3O2/c1-3-16(4-2,15(20)21)18-10-12-11-19-8-6-5-7-14(19)13(12)9-17/h5-8,11,18H,3-4,10H2,1-2H3,(H,20,21). The first-order valence-corrected chi connectivity index (χ1v) is 7.05. The molecule has 2 heterocycles. The number of aromatic nitrogens is 1. The summed E-state index contributed by atoms with van der Waals surface area (Å²) < 4.78 is 1.88. The smallest absolute Gasteiger partial charge is 0.323 e. The number of pyridine rings is 1. The van der Waals surface area contributed by atoms with Crippen molar-refractivity contribution >= 4 is 11.5 Å². The van der Waals surface area contributed by atoms with Crippen molar-refractivity contribution in [1.82, 2.24) is 9.72 Å². The Kier molecular flexibility index (Phi) is 4.29. The van der Waals surface area contributed by atoms with Gasteiger partial charge in [0, 0.05) is 24.5 Å². The van der Waals surface area contributed by atoms with E-state index < -0.39 is 11.5 Å². The summed E-state index contributed by atoms with van der Waals surface area (Å²) in [7, 11) is 0. The number of aliphatic carboxylic acids is 1. The molecule has 0 amide bonds. The number of hydrogen-bond acceptors (Lipinski definition) is 3. The van der Waals surface area contributed by atoms with Crippen LogP contribution in [0.4, 0.5) is 0 Å². The van der Waals surface area contributed by atoms with Crippen LogP contribution in [0.5, 0.6) is 0 Å². The van der Waals surface area contributed by atoms with Gasteiger partial charge in [0.15, 0.2) is 0 Å². The Morgan fingerprint density at radius 2 is 2.14 bits per heavy atom. The fraction of sp³-hybridized carbons (Fsp3) is 0.375. The minimum atomic E-state index is -0.944. The largest absolute Gasteiger partial charge is 0.480 e. The fourth-order valence-electron chi connectivity index (χ4n) is 2.58. The second-order valence-electron chi connectivity index (χ2n) is 5.08. The van der Waals surface area contributed by atoms with Crippen LogP contribution in [0.3, 0.4) is 0 Å². The molecule has 0 unspecified atom stereocenters. The number of carboxylic acids is 1. The highest BCUT2D eigenvalue weighted by atomic mass is 16.4. The Morgan fingerprint density at radius 3 is 2.71 bits per heavy atom. The van der Waals surface area contributed by atoms with Crippen molar-refractivity contribution in [2.75, 3.05) is 0 Å². The molecular formula is C16H19N3O2. The third-order valence-corrected chi connectivity index (χ3v) is 4.11. The Labute approximate surface area is 123 Å². The quantitative estimate of drug-likeness (QED) is 0.855. The van der Waals surface area contributed by atoms with E-state index in [1.807, 2.05) is 48.8 Å².